The molecule has 3 aliphatic heterocycles. The molecular formula is C74H80BN3. The topological polar surface area (TPSA) is 9.72 Å². The van der Waals surface area contributed by atoms with Gasteiger partial charge in [0.15, 0.2) is 0 Å². The van der Waals surface area contributed by atoms with E-state index in [4.69, 9.17) is 0 Å². The maximum atomic E-state index is 2.81. The fourth-order valence-electron chi connectivity index (χ4n) is 15.0. The molecule has 3 nitrogen and oxygen atoms in total. The molecule has 1 fully saturated rings. The van der Waals surface area contributed by atoms with Crippen molar-refractivity contribution in [1.29, 1.82) is 0 Å². The summed E-state index contributed by atoms with van der Waals surface area (Å²) in [4.78, 5) is 8.20. The average molecular weight is 1020 g/mol. The van der Waals surface area contributed by atoms with Crippen LogP contribution in [-0.4, -0.2) is 12.3 Å². The van der Waals surface area contributed by atoms with Gasteiger partial charge < -0.3 is 14.7 Å². The van der Waals surface area contributed by atoms with Crippen molar-refractivity contribution in [2.75, 3.05) is 14.7 Å². The van der Waals surface area contributed by atoms with E-state index in [2.05, 4.69) is 269 Å². The molecule has 0 spiro atoms. The van der Waals surface area contributed by atoms with Crippen molar-refractivity contribution in [3.05, 3.63) is 197 Å². The van der Waals surface area contributed by atoms with Gasteiger partial charge in [-0.3, -0.25) is 0 Å². The molecule has 394 valence electrons. The predicted octanol–water partition coefficient (Wildman–Crippen LogP) is 18.2. The second-order valence-corrected chi connectivity index (χ2v) is 28.6. The lowest BCUT2D eigenvalue weighted by Gasteiger charge is -2.51. The first-order chi connectivity index (χ1) is 36.9. The third-order valence-electron chi connectivity index (χ3n) is 19.5. The van der Waals surface area contributed by atoms with Gasteiger partial charge in [-0.1, -0.05) is 193 Å². The van der Waals surface area contributed by atoms with Crippen LogP contribution < -0.4 is 31.1 Å². The highest BCUT2D eigenvalue weighted by atomic mass is 15.3. The van der Waals surface area contributed by atoms with Crippen molar-refractivity contribution < 1.29 is 0 Å². The molecule has 2 aliphatic carbocycles. The normalized spacial score (nSPS) is 20.0. The Kier molecular flexibility index (Phi) is 11.3. The van der Waals surface area contributed by atoms with Crippen LogP contribution in [0, 0.1) is 12.3 Å². The monoisotopic (exact) mass is 1020 g/mol. The molecule has 8 aromatic carbocycles. The lowest BCUT2D eigenvalue weighted by Crippen LogP contribution is -2.61. The zero-order chi connectivity index (χ0) is 54.6. The van der Waals surface area contributed by atoms with Crippen LogP contribution in [0.1, 0.15) is 155 Å². The van der Waals surface area contributed by atoms with E-state index >= 15 is 0 Å². The summed E-state index contributed by atoms with van der Waals surface area (Å²) in [5, 5.41) is 0. The number of nitrogens with zero attached hydrogens (tertiary/aromatic N) is 3. The van der Waals surface area contributed by atoms with Gasteiger partial charge in [-0.25, -0.2) is 0 Å². The number of rotatable bonds is 5. The van der Waals surface area contributed by atoms with Gasteiger partial charge in [0.25, 0.3) is 6.71 Å². The molecule has 0 amide bonds. The first kappa shape index (κ1) is 50.7. The summed E-state index contributed by atoms with van der Waals surface area (Å²) in [5.41, 5.74) is 29.2. The molecule has 78 heavy (non-hydrogen) atoms. The molecule has 0 N–H and O–H groups in total. The molecule has 8 aromatic rings. The van der Waals surface area contributed by atoms with Gasteiger partial charge in [0.2, 0.25) is 0 Å². The van der Waals surface area contributed by atoms with Crippen LogP contribution in [0.2, 0.25) is 0 Å². The van der Waals surface area contributed by atoms with Gasteiger partial charge >= 0.3 is 0 Å². The second kappa shape index (κ2) is 17.4. The van der Waals surface area contributed by atoms with E-state index in [-0.39, 0.29) is 39.3 Å². The highest BCUT2D eigenvalue weighted by Gasteiger charge is 2.58. The van der Waals surface area contributed by atoms with Gasteiger partial charge in [-0.2, -0.15) is 0 Å². The minimum atomic E-state index is -0.104. The van der Waals surface area contributed by atoms with Crippen molar-refractivity contribution in [3.8, 4) is 22.3 Å². The predicted molar refractivity (Wildman–Crippen MR) is 336 cm³/mol. The number of anilines is 8. The average Bonchev–Trinajstić information content (AvgIpc) is 3.94. The molecule has 13 rings (SSSR count). The summed E-state index contributed by atoms with van der Waals surface area (Å²) < 4.78 is 0. The molecule has 5 aliphatic rings. The number of hydrogen-bond donors (Lipinski definition) is 0. The van der Waals surface area contributed by atoms with Crippen molar-refractivity contribution in [3.63, 3.8) is 0 Å². The Morgan fingerprint density at radius 2 is 0.923 bits per heavy atom. The SMILES string of the molecule is Cc1cc2c3c(c1)N(c1ccc(C(C)(C)C)cc1-c1ccccc1)c1cc4c(cc1B3c1ccc(N3c5ccc(C(C)(C)C)cc5C5(C)CCCCC35C)cc1N2c1ccc(C(C)(C)C)cc1-c1ccccc1)CC(C)(C)C4. The minimum Gasteiger partial charge on any atom is -0.334 e. The molecule has 2 atom stereocenters. The Labute approximate surface area is 467 Å². The summed E-state index contributed by atoms with van der Waals surface area (Å²) in [7, 11) is 0. The largest absolute Gasteiger partial charge is 0.334 e. The molecule has 3 heterocycles. The van der Waals surface area contributed by atoms with Crippen LogP contribution in [0.25, 0.3) is 22.3 Å². The lowest BCUT2D eigenvalue weighted by atomic mass is 9.33. The zero-order valence-corrected chi connectivity index (χ0v) is 49.2. The molecule has 0 aromatic heterocycles. The van der Waals surface area contributed by atoms with E-state index < -0.39 is 0 Å². The zero-order valence-electron chi connectivity index (χ0n) is 49.2. The van der Waals surface area contributed by atoms with Gasteiger partial charge in [0.05, 0.1) is 16.9 Å². The molecule has 2 unspecified atom stereocenters. The van der Waals surface area contributed by atoms with E-state index in [1.54, 1.807) is 0 Å². The van der Waals surface area contributed by atoms with E-state index in [0.717, 1.165) is 19.3 Å². The van der Waals surface area contributed by atoms with Gasteiger partial charge in [-0.05, 0) is 188 Å². The second-order valence-electron chi connectivity index (χ2n) is 28.6. The van der Waals surface area contributed by atoms with Crippen molar-refractivity contribution in [2.24, 2.45) is 5.41 Å². The fraction of sp³-hybridized carbons (Fsp3) is 0.351. The van der Waals surface area contributed by atoms with Gasteiger partial charge in [0, 0.05) is 50.7 Å². The number of hydrogen-bond acceptors (Lipinski definition) is 3. The van der Waals surface area contributed by atoms with E-state index in [1.165, 1.54) is 142 Å². The summed E-state index contributed by atoms with van der Waals surface area (Å²) in [6.07, 6.45) is 6.98. The lowest BCUT2D eigenvalue weighted by molar-refractivity contribution is 0.195. The molecule has 0 radical (unpaired) electrons. The fourth-order valence-corrected chi connectivity index (χ4v) is 15.0. The van der Waals surface area contributed by atoms with E-state index in [9.17, 15) is 0 Å². The van der Waals surface area contributed by atoms with Crippen molar-refractivity contribution in [1.82, 2.24) is 0 Å². The maximum absolute atomic E-state index is 2.81. The number of benzene rings is 8. The minimum absolute atomic E-state index is 0.00290. The van der Waals surface area contributed by atoms with Crippen molar-refractivity contribution in [2.45, 2.75) is 163 Å². The Hall–Kier alpha value is -6.78. The standard InChI is InChI=1S/C74H80BN3/c1-47-37-66-68-67(38-47)77(62-33-28-53(70(5,6)7)42-57(62)49-25-19-16-20-26-49)65-44-55(78-63-34-29-54(71(8,9)10)43-58(63)73(13)35-21-22-36-74(73,78)14)30-31-59(65)75(68)60-39-50-45-72(11,12)46-51(50)40-64(60)76(66)61-32-27-52(69(2,3)4)41-56(61)48-23-17-15-18-24-48/h15-20,23-34,37-44H,21-22,35-36,45-46H2,1-14H3. The van der Waals surface area contributed by atoms with Gasteiger partial charge in [-0.15, -0.1) is 0 Å². The van der Waals surface area contributed by atoms with Crippen LogP contribution in [-0.2, 0) is 34.5 Å². The Morgan fingerprint density at radius 1 is 0.436 bits per heavy atom. The van der Waals surface area contributed by atoms with Crippen LogP contribution >= 0.6 is 0 Å². The summed E-state index contributed by atoms with van der Waals surface area (Å²) in [5.74, 6) is 0. The Bertz CT molecular complexity index is 3730. The molecule has 4 heteroatoms. The molecule has 0 bridgehead atoms. The number of aryl methyl sites for hydroxylation is 1. The smallest absolute Gasteiger partial charge is 0.252 e. The molecule has 1 saturated carbocycles. The summed E-state index contributed by atoms with van der Waals surface area (Å²) in [6, 6.07) is 62.5. The third kappa shape index (κ3) is 7.80. The van der Waals surface area contributed by atoms with Crippen LogP contribution in [0.3, 0.4) is 0 Å². The van der Waals surface area contributed by atoms with E-state index in [1.807, 2.05) is 0 Å². The highest BCUT2D eigenvalue weighted by Crippen LogP contribution is 2.62. The maximum Gasteiger partial charge on any atom is 0.252 e. The van der Waals surface area contributed by atoms with E-state index in [0.29, 0.717) is 0 Å². The van der Waals surface area contributed by atoms with Crippen molar-refractivity contribution >= 4 is 68.6 Å². The van der Waals surface area contributed by atoms with Gasteiger partial charge in [0.1, 0.15) is 0 Å². The van der Waals surface area contributed by atoms with Crippen LogP contribution in [0.4, 0.5) is 45.5 Å². The first-order valence-electron chi connectivity index (χ1n) is 29.3. The van der Waals surface area contributed by atoms with Crippen LogP contribution in [0.15, 0.2) is 158 Å². The first-order valence-corrected chi connectivity index (χ1v) is 29.3. The Balaban J connectivity index is 1.13. The molecule has 0 saturated heterocycles. The highest BCUT2D eigenvalue weighted by molar-refractivity contribution is 7.00. The van der Waals surface area contributed by atoms with Crippen LogP contribution in [0.5, 0.6) is 0 Å². The third-order valence-corrected chi connectivity index (χ3v) is 19.5. The summed E-state index contributed by atoms with van der Waals surface area (Å²) in [6.45, 7) is 33.6. The summed E-state index contributed by atoms with van der Waals surface area (Å²) >= 11 is 0. The quantitative estimate of drug-likeness (QED) is 0.159. The Morgan fingerprint density at radius 3 is 1.46 bits per heavy atom. The molecular weight excluding hydrogens is 942 g/mol. The number of fused-ring (bicyclic) bond motifs is 8.